The van der Waals surface area contributed by atoms with E-state index in [1.54, 1.807) is 6.07 Å². The van der Waals surface area contributed by atoms with Crippen LogP contribution in [0.15, 0.2) is 40.8 Å². The third kappa shape index (κ3) is 2.84. The predicted molar refractivity (Wildman–Crippen MR) is 68.1 cm³/mol. The predicted octanol–water partition coefficient (Wildman–Crippen LogP) is 3.96. The minimum Gasteiger partial charge on any atom is -0.453 e. The van der Waals surface area contributed by atoms with Crippen LogP contribution in [-0.2, 0) is 6.42 Å². The van der Waals surface area contributed by atoms with Gasteiger partial charge < -0.3 is 4.42 Å². The number of benzene rings is 1. The lowest BCUT2D eigenvalue weighted by atomic mass is 10.0. The molecule has 17 heavy (non-hydrogen) atoms. The molecule has 2 rings (SSSR count). The molecule has 0 amide bonds. The summed E-state index contributed by atoms with van der Waals surface area (Å²) in [7, 11) is 0. The molecule has 2 aromatic rings. The van der Waals surface area contributed by atoms with E-state index in [1.165, 1.54) is 5.56 Å². The first-order valence-corrected chi connectivity index (χ1v) is 5.83. The standard InChI is InChI=1S/C15H16O2/c1-11(2)8-12-4-3-5-13(9-12)15-7-6-14(10-16)17-15/h3-7,9-11H,8H2,1-2H3. The lowest BCUT2D eigenvalue weighted by Gasteiger charge is -2.06. The molecule has 0 saturated heterocycles. The van der Waals surface area contributed by atoms with Gasteiger partial charge in [0.15, 0.2) is 12.0 Å². The van der Waals surface area contributed by atoms with E-state index in [0.717, 1.165) is 24.0 Å². The van der Waals surface area contributed by atoms with Gasteiger partial charge in [-0.2, -0.15) is 0 Å². The largest absolute Gasteiger partial charge is 0.453 e. The van der Waals surface area contributed by atoms with Crippen molar-refractivity contribution in [1.82, 2.24) is 0 Å². The number of rotatable bonds is 4. The van der Waals surface area contributed by atoms with Gasteiger partial charge in [0.1, 0.15) is 5.76 Å². The summed E-state index contributed by atoms with van der Waals surface area (Å²) < 4.78 is 5.41. The zero-order valence-electron chi connectivity index (χ0n) is 10.1. The maximum Gasteiger partial charge on any atom is 0.185 e. The van der Waals surface area contributed by atoms with Crippen LogP contribution >= 0.6 is 0 Å². The highest BCUT2D eigenvalue weighted by Gasteiger charge is 2.05. The van der Waals surface area contributed by atoms with Gasteiger partial charge in [0, 0.05) is 5.56 Å². The molecule has 2 heteroatoms. The number of carbonyl (C=O) groups excluding carboxylic acids is 1. The molecular weight excluding hydrogens is 212 g/mol. The lowest BCUT2D eigenvalue weighted by molar-refractivity contribution is 0.110. The molecular formula is C15H16O2. The van der Waals surface area contributed by atoms with Crippen molar-refractivity contribution in [1.29, 1.82) is 0 Å². The number of aldehydes is 1. The Kier molecular flexibility index (Phi) is 3.43. The van der Waals surface area contributed by atoms with Crippen LogP contribution in [0.25, 0.3) is 11.3 Å². The average molecular weight is 228 g/mol. The fraction of sp³-hybridized carbons (Fsp3) is 0.267. The highest BCUT2D eigenvalue weighted by Crippen LogP contribution is 2.23. The van der Waals surface area contributed by atoms with Crippen LogP contribution < -0.4 is 0 Å². The number of furan rings is 1. The molecule has 0 N–H and O–H groups in total. The molecule has 0 radical (unpaired) electrons. The van der Waals surface area contributed by atoms with Gasteiger partial charge in [0.2, 0.25) is 0 Å². The van der Waals surface area contributed by atoms with Gasteiger partial charge in [-0.15, -0.1) is 0 Å². The van der Waals surface area contributed by atoms with Crippen molar-refractivity contribution < 1.29 is 9.21 Å². The van der Waals surface area contributed by atoms with E-state index in [1.807, 2.05) is 18.2 Å². The first kappa shape index (κ1) is 11.6. The second-order valence-corrected chi connectivity index (χ2v) is 4.62. The normalized spacial score (nSPS) is 10.8. The zero-order valence-corrected chi connectivity index (χ0v) is 10.1. The van der Waals surface area contributed by atoms with Crippen LogP contribution in [0.1, 0.15) is 30.0 Å². The third-order valence-corrected chi connectivity index (χ3v) is 2.60. The summed E-state index contributed by atoms with van der Waals surface area (Å²) >= 11 is 0. The summed E-state index contributed by atoms with van der Waals surface area (Å²) in [5, 5.41) is 0. The van der Waals surface area contributed by atoms with E-state index in [4.69, 9.17) is 4.42 Å². The van der Waals surface area contributed by atoms with Crippen molar-refractivity contribution >= 4 is 6.29 Å². The smallest absolute Gasteiger partial charge is 0.185 e. The summed E-state index contributed by atoms with van der Waals surface area (Å²) in [6.07, 6.45) is 1.77. The van der Waals surface area contributed by atoms with Crippen molar-refractivity contribution in [2.45, 2.75) is 20.3 Å². The van der Waals surface area contributed by atoms with E-state index in [0.29, 0.717) is 11.7 Å². The molecule has 0 spiro atoms. The SMILES string of the molecule is CC(C)Cc1cccc(-c2ccc(C=O)o2)c1. The molecule has 2 nitrogen and oxygen atoms in total. The molecule has 1 aromatic heterocycles. The van der Waals surface area contributed by atoms with Crippen LogP contribution in [-0.4, -0.2) is 6.29 Å². The maximum atomic E-state index is 10.6. The van der Waals surface area contributed by atoms with Crippen molar-refractivity contribution in [2.24, 2.45) is 5.92 Å². The highest BCUT2D eigenvalue weighted by molar-refractivity contribution is 5.72. The molecule has 0 aliphatic rings. The fourth-order valence-corrected chi connectivity index (χ4v) is 1.89. The Morgan fingerprint density at radius 1 is 1.24 bits per heavy atom. The monoisotopic (exact) mass is 228 g/mol. The van der Waals surface area contributed by atoms with E-state index < -0.39 is 0 Å². The van der Waals surface area contributed by atoms with Gasteiger partial charge in [0.05, 0.1) is 0 Å². The number of carbonyl (C=O) groups is 1. The van der Waals surface area contributed by atoms with E-state index in [2.05, 4.69) is 26.0 Å². The maximum absolute atomic E-state index is 10.6. The lowest BCUT2D eigenvalue weighted by Crippen LogP contribution is -1.93. The Labute approximate surface area is 101 Å². The van der Waals surface area contributed by atoms with E-state index in [-0.39, 0.29) is 0 Å². The molecule has 0 fully saturated rings. The molecule has 1 aromatic carbocycles. The molecule has 0 aliphatic heterocycles. The Morgan fingerprint density at radius 3 is 2.71 bits per heavy atom. The molecule has 0 bridgehead atoms. The Balaban J connectivity index is 2.29. The van der Waals surface area contributed by atoms with Gasteiger partial charge in [-0.05, 0) is 36.1 Å². The highest BCUT2D eigenvalue weighted by atomic mass is 16.3. The Bertz CT molecular complexity index is 509. The minimum absolute atomic E-state index is 0.370. The van der Waals surface area contributed by atoms with Gasteiger partial charge in [0.25, 0.3) is 0 Å². The molecule has 88 valence electrons. The second kappa shape index (κ2) is 5.00. The summed E-state index contributed by atoms with van der Waals surface area (Å²) in [5.74, 6) is 1.75. The summed E-state index contributed by atoms with van der Waals surface area (Å²) in [6.45, 7) is 4.40. The first-order chi connectivity index (χ1) is 8.19. The Hall–Kier alpha value is -1.83. The van der Waals surface area contributed by atoms with E-state index >= 15 is 0 Å². The van der Waals surface area contributed by atoms with Crippen molar-refractivity contribution in [2.75, 3.05) is 0 Å². The first-order valence-electron chi connectivity index (χ1n) is 5.83. The summed E-state index contributed by atoms with van der Waals surface area (Å²) in [6, 6.07) is 11.8. The van der Waals surface area contributed by atoms with Crippen LogP contribution in [0.4, 0.5) is 0 Å². The van der Waals surface area contributed by atoms with Gasteiger partial charge >= 0.3 is 0 Å². The average Bonchev–Trinajstić information content (AvgIpc) is 2.77. The van der Waals surface area contributed by atoms with Gasteiger partial charge in [-0.25, -0.2) is 0 Å². The topological polar surface area (TPSA) is 30.2 Å². The van der Waals surface area contributed by atoms with Crippen LogP contribution in [0.5, 0.6) is 0 Å². The van der Waals surface area contributed by atoms with Crippen LogP contribution in [0, 0.1) is 5.92 Å². The van der Waals surface area contributed by atoms with Crippen LogP contribution in [0.3, 0.4) is 0 Å². The quantitative estimate of drug-likeness (QED) is 0.741. The molecule has 0 saturated carbocycles. The molecule has 0 aliphatic carbocycles. The molecule has 1 heterocycles. The fourth-order valence-electron chi connectivity index (χ4n) is 1.89. The van der Waals surface area contributed by atoms with Crippen molar-refractivity contribution in [3.63, 3.8) is 0 Å². The number of hydrogen-bond acceptors (Lipinski definition) is 2. The van der Waals surface area contributed by atoms with Crippen molar-refractivity contribution in [3.8, 4) is 11.3 Å². The Morgan fingerprint density at radius 2 is 2.06 bits per heavy atom. The van der Waals surface area contributed by atoms with Crippen LogP contribution in [0.2, 0.25) is 0 Å². The molecule has 0 unspecified atom stereocenters. The zero-order chi connectivity index (χ0) is 12.3. The van der Waals surface area contributed by atoms with Gasteiger partial charge in [-0.1, -0.05) is 32.0 Å². The molecule has 0 atom stereocenters. The second-order valence-electron chi connectivity index (χ2n) is 4.62. The van der Waals surface area contributed by atoms with Crippen molar-refractivity contribution in [3.05, 3.63) is 47.7 Å². The summed E-state index contributed by atoms with van der Waals surface area (Å²) in [5.41, 5.74) is 2.32. The minimum atomic E-state index is 0.370. The van der Waals surface area contributed by atoms with Gasteiger partial charge in [-0.3, -0.25) is 4.79 Å². The third-order valence-electron chi connectivity index (χ3n) is 2.60. The number of hydrogen-bond donors (Lipinski definition) is 0. The van der Waals surface area contributed by atoms with E-state index in [9.17, 15) is 4.79 Å². The summed E-state index contributed by atoms with van der Waals surface area (Å²) in [4.78, 5) is 10.6.